The van der Waals surface area contributed by atoms with Gasteiger partial charge in [0.25, 0.3) is 5.91 Å². The second-order valence-electron chi connectivity index (χ2n) is 4.78. The molecule has 18 heavy (non-hydrogen) atoms. The number of carbonyl (C=O) groups is 1. The molecule has 1 aromatic carbocycles. The number of piperidine rings is 1. The summed E-state index contributed by atoms with van der Waals surface area (Å²) in [6.07, 6.45) is 0.889. The topological polar surface area (TPSA) is 46.3 Å². The van der Waals surface area contributed by atoms with Gasteiger partial charge in [0.15, 0.2) is 0 Å². The zero-order valence-corrected chi connectivity index (χ0v) is 11.8. The van der Waals surface area contributed by atoms with Gasteiger partial charge in [0.05, 0.1) is 10.0 Å². The highest BCUT2D eigenvalue weighted by Crippen LogP contribution is 2.24. The monoisotopic (exact) mass is 314 g/mol. The van der Waals surface area contributed by atoms with Crippen LogP contribution in [-0.4, -0.2) is 29.9 Å². The van der Waals surface area contributed by atoms with E-state index >= 15 is 0 Å². The van der Waals surface area contributed by atoms with E-state index in [0.717, 1.165) is 6.42 Å². The van der Waals surface area contributed by atoms with E-state index < -0.39 is 5.82 Å². The Balaban J connectivity index is 2.19. The first-order chi connectivity index (χ1) is 8.50. The lowest BCUT2D eigenvalue weighted by Gasteiger charge is -2.35. The molecule has 1 fully saturated rings. The standard InChI is InChI=1S/C13H16BrFN2O/c1-8-5-6-17(7-11(8)16)13(18)9-3-2-4-10(15)12(9)14/h2-4,8,11H,5-7,16H2,1H3. The first-order valence-corrected chi connectivity index (χ1v) is 6.79. The summed E-state index contributed by atoms with van der Waals surface area (Å²) in [5.74, 6) is -0.163. The molecule has 0 bridgehead atoms. The maximum Gasteiger partial charge on any atom is 0.255 e. The molecule has 1 aromatic rings. The number of carbonyl (C=O) groups excluding carboxylic acids is 1. The molecule has 1 aliphatic rings. The predicted molar refractivity (Wildman–Crippen MR) is 71.8 cm³/mol. The maximum absolute atomic E-state index is 13.4. The van der Waals surface area contributed by atoms with Crippen LogP contribution >= 0.6 is 15.9 Å². The van der Waals surface area contributed by atoms with Gasteiger partial charge < -0.3 is 10.6 Å². The van der Waals surface area contributed by atoms with E-state index in [-0.39, 0.29) is 16.4 Å². The van der Waals surface area contributed by atoms with E-state index in [1.165, 1.54) is 6.07 Å². The maximum atomic E-state index is 13.4. The Bertz CT molecular complexity index is 466. The molecule has 1 amide bonds. The average molecular weight is 315 g/mol. The van der Waals surface area contributed by atoms with Gasteiger partial charge in [0.2, 0.25) is 0 Å². The van der Waals surface area contributed by atoms with Crippen LogP contribution in [0.2, 0.25) is 0 Å². The van der Waals surface area contributed by atoms with E-state index in [1.807, 2.05) is 0 Å². The molecule has 98 valence electrons. The molecule has 1 heterocycles. The van der Waals surface area contributed by atoms with Crippen LogP contribution in [0.1, 0.15) is 23.7 Å². The van der Waals surface area contributed by atoms with Gasteiger partial charge in [-0.1, -0.05) is 13.0 Å². The summed E-state index contributed by atoms with van der Waals surface area (Å²) in [4.78, 5) is 14.0. The molecule has 0 aromatic heterocycles. The van der Waals surface area contributed by atoms with Crippen LogP contribution in [0.15, 0.2) is 22.7 Å². The highest BCUT2D eigenvalue weighted by Gasteiger charge is 2.28. The van der Waals surface area contributed by atoms with E-state index in [0.29, 0.717) is 24.6 Å². The Morgan fingerprint density at radius 3 is 2.94 bits per heavy atom. The number of benzene rings is 1. The third-order valence-corrected chi connectivity index (χ3v) is 4.29. The zero-order valence-electron chi connectivity index (χ0n) is 10.2. The van der Waals surface area contributed by atoms with Gasteiger partial charge in [-0.2, -0.15) is 0 Å². The molecule has 0 spiro atoms. The Morgan fingerprint density at radius 2 is 2.28 bits per heavy atom. The molecular weight excluding hydrogens is 299 g/mol. The molecule has 1 aliphatic heterocycles. The lowest BCUT2D eigenvalue weighted by molar-refractivity contribution is 0.0671. The summed E-state index contributed by atoms with van der Waals surface area (Å²) in [6, 6.07) is 4.49. The van der Waals surface area contributed by atoms with Crippen LogP contribution in [0.25, 0.3) is 0 Å². The van der Waals surface area contributed by atoms with Crippen molar-refractivity contribution in [2.45, 2.75) is 19.4 Å². The van der Waals surface area contributed by atoms with E-state index in [1.54, 1.807) is 17.0 Å². The molecule has 0 radical (unpaired) electrons. The number of likely N-dealkylation sites (tertiary alicyclic amines) is 1. The molecule has 3 nitrogen and oxygen atoms in total. The third-order valence-electron chi connectivity index (χ3n) is 3.49. The molecule has 0 aliphatic carbocycles. The minimum atomic E-state index is -0.421. The molecule has 2 unspecified atom stereocenters. The minimum Gasteiger partial charge on any atom is -0.337 e. The van der Waals surface area contributed by atoms with E-state index in [9.17, 15) is 9.18 Å². The van der Waals surface area contributed by atoms with Gasteiger partial charge in [0.1, 0.15) is 5.82 Å². The molecule has 2 N–H and O–H groups in total. The minimum absolute atomic E-state index is 0.00460. The van der Waals surface area contributed by atoms with Crippen molar-refractivity contribution in [2.75, 3.05) is 13.1 Å². The number of amides is 1. The summed E-state index contributed by atoms with van der Waals surface area (Å²) in [7, 11) is 0. The van der Waals surface area contributed by atoms with Crippen molar-refractivity contribution in [3.63, 3.8) is 0 Å². The highest BCUT2D eigenvalue weighted by molar-refractivity contribution is 9.10. The summed E-state index contributed by atoms with van der Waals surface area (Å²) in [5, 5.41) is 0. The Morgan fingerprint density at radius 1 is 1.56 bits per heavy atom. The number of hydrogen-bond donors (Lipinski definition) is 1. The van der Waals surface area contributed by atoms with Gasteiger partial charge in [-0.3, -0.25) is 4.79 Å². The van der Waals surface area contributed by atoms with Crippen LogP contribution in [0.4, 0.5) is 4.39 Å². The number of hydrogen-bond acceptors (Lipinski definition) is 2. The lowest BCUT2D eigenvalue weighted by atomic mass is 9.94. The SMILES string of the molecule is CC1CCN(C(=O)c2cccc(F)c2Br)CC1N. The van der Waals surface area contributed by atoms with Crippen LogP contribution in [0.3, 0.4) is 0 Å². The zero-order chi connectivity index (χ0) is 13.3. The van der Waals surface area contributed by atoms with Crippen molar-refractivity contribution in [3.05, 3.63) is 34.1 Å². The van der Waals surface area contributed by atoms with E-state index in [4.69, 9.17) is 5.73 Å². The molecule has 0 saturated carbocycles. The fraction of sp³-hybridized carbons (Fsp3) is 0.462. The average Bonchev–Trinajstić information content (AvgIpc) is 2.35. The van der Waals surface area contributed by atoms with Crippen LogP contribution < -0.4 is 5.73 Å². The van der Waals surface area contributed by atoms with Crippen molar-refractivity contribution in [1.82, 2.24) is 4.90 Å². The molecule has 1 saturated heterocycles. The second kappa shape index (κ2) is 5.36. The Labute approximate surface area is 114 Å². The molecular formula is C13H16BrFN2O. The summed E-state index contributed by atoms with van der Waals surface area (Å²) < 4.78 is 13.6. The van der Waals surface area contributed by atoms with E-state index in [2.05, 4.69) is 22.9 Å². The van der Waals surface area contributed by atoms with Crippen molar-refractivity contribution < 1.29 is 9.18 Å². The molecule has 5 heteroatoms. The lowest BCUT2D eigenvalue weighted by Crippen LogP contribution is -2.49. The smallest absolute Gasteiger partial charge is 0.255 e. The van der Waals surface area contributed by atoms with Gasteiger partial charge in [-0.15, -0.1) is 0 Å². The van der Waals surface area contributed by atoms with Crippen molar-refractivity contribution in [2.24, 2.45) is 11.7 Å². The normalized spacial score (nSPS) is 24.1. The third kappa shape index (κ3) is 2.57. The van der Waals surface area contributed by atoms with Gasteiger partial charge in [-0.25, -0.2) is 4.39 Å². The van der Waals surface area contributed by atoms with Gasteiger partial charge >= 0.3 is 0 Å². The Hall–Kier alpha value is -0.940. The highest BCUT2D eigenvalue weighted by atomic mass is 79.9. The van der Waals surface area contributed by atoms with Crippen LogP contribution in [0.5, 0.6) is 0 Å². The second-order valence-corrected chi connectivity index (χ2v) is 5.58. The van der Waals surface area contributed by atoms with Crippen LogP contribution in [0, 0.1) is 11.7 Å². The quantitative estimate of drug-likeness (QED) is 0.865. The number of rotatable bonds is 1. The van der Waals surface area contributed by atoms with Crippen molar-refractivity contribution in [1.29, 1.82) is 0 Å². The predicted octanol–water partition coefficient (Wildman–Crippen LogP) is 2.40. The molecule has 2 rings (SSSR count). The first-order valence-electron chi connectivity index (χ1n) is 5.99. The summed E-state index contributed by atoms with van der Waals surface area (Å²) in [5.41, 5.74) is 6.33. The number of nitrogens with zero attached hydrogens (tertiary/aromatic N) is 1. The fourth-order valence-electron chi connectivity index (χ4n) is 2.12. The summed E-state index contributed by atoms with van der Waals surface area (Å²) in [6.45, 7) is 3.30. The summed E-state index contributed by atoms with van der Waals surface area (Å²) >= 11 is 3.12. The van der Waals surface area contributed by atoms with Gasteiger partial charge in [0, 0.05) is 19.1 Å². The van der Waals surface area contributed by atoms with Crippen molar-refractivity contribution in [3.8, 4) is 0 Å². The van der Waals surface area contributed by atoms with Gasteiger partial charge in [-0.05, 0) is 40.4 Å². The molecule has 2 atom stereocenters. The number of halogens is 2. The van der Waals surface area contributed by atoms with Crippen LogP contribution in [-0.2, 0) is 0 Å². The number of nitrogens with two attached hydrogens (primary N) is 1. The fourth-order valence-corrected chi connectivity index (χ4v) is 2.56. The largest absolute Gasteiger partial charge is 0.337 e. The first kappa shape index (κ1) is 13.5. The van der Waals surface area contributed by atoms with Crippen molar-refractivity contribution >= 4 is 21.8 Å². The Kier molecular flexibility index (Phi) is 4.02.